The SMILES string of the molecule is Cc1nn(-c2ccccc2)c(C)c1C(=O)C(=O)NCCCSc1ccccc1. The van der Waals surface area contributed by atoms with E-state index in [4.69, 9.17) is 0 Å². The van der Waals surface area contributed by atoms with Crippen LogP contribution in [-0.4, -0.2) is 33.8 Å². The Kier molecular flexibility index (Phi) is 6.66. The van der Waals surface area contributed by atoms with Crippen LogP contribution < -0.4 is 5.32 Å². The van der Waals surface area contributed by atoms with Crippen molar-refractivity contribution in [2.75, 3.05) is 12.3 Å². The van der Waals surface area contributed by atoms with E-state index in [9.17, 15) is 9.59 Å². The third kappa shape index (κ3) is 4.70. The quantitative estimate of drug-likeness (QED) is 0.272. The zero-order valence-corrected chi connectivity index (χ0v) is 16.8. The van der Waals surface area contributed by atoms with Crippen molar-refractivity contribution in [3.63, 3.8) is 0 Å². The molecule has 0 spiro atoms. The first-order valence-electron chi connectivity index (χ1n) is 9.20. The van der Waals surface area contributed by atoms with Crippen molar-refractivity contribution in [2.24, 2.45) is 0 Å². The minimum atomic E-state index is -0.580. The number of aromatic nitrogens is 2. The molecule has 5 nitrogen and oxygen atoms in total. The van der Waals surface area contributed by atoms with Gasteiger partial charge >= 0.3 is 0 Å². The van der Waals surface area contributed by atoms with E-state index in [1.54, 1.807) is 23.4 Å². The second-order valence-electron chi connectivity index (χ2n) is 6.39. The van der Waals surface area contributed by atoms with Crippen LogP contribution in [0.3, 0.4) is 0 Å². The van der Waals surface area contributed by atoms with Crippen LogP contribution in [-0.2, 0) is 4.79 Å². The van der Waals surface area contributed by atoms with Crippen LogP contribution in [0.4, 0.5) is 0 Å². The van der Waals surface area contributed by atoms with Gasteiger partial charge in [0.05, 0.1) is 22.6 Å². The average Bonchev–Trinajstić information content (AvgIpc) is 3.02. The molecule has 0 aliphatic rings. The van der Waals surface area contributed by atoms with E-state index >= 15 is 0 Å². The maximum atomic E-state index is 12.6. The number of aryl methyl sites for hydroxylation is 1. The Morgan fingerprint density at radius 2 is 1.64 bits per heavy atom. The molecule has 2 aromatic carbocycles. The molecular weight excluding hydrogens is 370 g/mol. The van der Waals surface area contributed by atoms with Crippen molar-refractivity contribution in [2.45, 2.75) is 25.2 Å². The number of amides is 1. The number of carbonyl (C=O) groups excluding carboxylic acids is 2. The maximum absolute atomic E-state index is 12.6. The highest BCUT2D eigenvalue weighted by Crippen LogP contribution is 2.19. The van der Waals surface area contributed by atoms with E-state index < -0.39 is 11.7 Å². The fourth-order valence-electron chi connectivity index (χ4n) is 2.97. The number of benzene rings is 2. The van der Waals surface area contributed by atoms with Gasteiger partial charge in [0.1, 0.15) is 0 Å². The number of nitrogens with zero attached hydrogens (tertiary/aromatic N) is 2. The Morgan fingerprint density at radius 1 is 1.00 bits per heavy atom. The Balaban J connectivity index is 1.56. The fourth-order valence-corrected chi connectivity index (χ4v) is 3.84. The summed E-state index contributed by atoms with van der Waals surface area (Å²) < 4.78 is 1.70. The van der Waals surface area contributed by atoms with Crippen molar-refractivity contribution in [3.8, 4) is 5.69 Å². The molecule has 3 aromatic rings. The minimum Gasteiger partial charge on any atom is -0.349 e. The average molecular weight is 394 g/mol. The molecule has 0 aliphatic carbocycles. The molecule has 6 heteroatoms. The molecule has 1 N–H and O–H groups in total. The summed E-state index contributed by atoms with van der Waals surface area (Å²) in [5.74, 6) is -0.237. The van der Waals surface area contributed by atoms with Crippen LogP contribution >= 0.6 is 11.8 Å². The predicted molar refractivity (Wildman–Crippen MR) is 112 cm³/mol. The van der Waals surface area contributed by atoms with Crippen LogP contribution in [0.5, 0.6) is 0 Å². The summed E-state index contributed by atoms with van der Waals surface area (Å²) in [7, 11) is 0. The van der Waals surface area contributed by atoms with E-state index in [1.807, 2.05) is 55.5 Å². The number of thioether (sulfide) groups is 1. The van der Waals surface area contributed by atoms with Gasteiger partial charge in [0.25, 0.3) is 11.7 Å². The number of hydrogen-bond donors (Lipinski definition) is 1. The summed E-state index contributed by atoms with van der Waals surface area (Å²) in [6, 6.07) is 19.7. The lowest BCUT2D eigenvalue weighted by Gasteiger charge is -2.06. The van der Waals surface area contributed by atoms with Gasteiger partial charge in [0, 0.05) is 11.4 Å². The topological polar surface area (TPSA) is 64.0 Å². The highest BCUT2D eigenvalue weighted by Gasteiger charge is 2.24. The van der Waals surface area contributed by atoms with Crippen molar-refractivity contribution < 1.29 is 9.59 Å². The number of hydrogen-bond acceptors (Lipinski definition) is 4. The summed E-state index contributed by atoms with van der Waals surface area (Å²) in [6.45, 7) is 4.03. The van der Waals surface area contributed by atoms with Crippen LogP contribution in [0, 0.1) is 13.8 Å². The largest absolute Gasteiger partial charge is 0.349 e. The van der Waals surface area contributed by atoms with E-state index in [1.165, 1.54) is 4.90 Å². The second kappa shape index (κ2) is 9.37. The van der Waals surface area contributed by atoms with Gasteiger partial charge < -0.3 is 5.32 Å². The molecule has 1 amide bonds. The van der Waals surface area contributed by atoms with Gasteiger partial charge in [0.15, 0.2) is 0 Å². The second-order valence-corrected chi connectivity index (χ2v) is 7.56. The first-order valence-corrected chi connectivity index (χ1v) is 10.2. The van der Waals surface area contributed by atoms with Gasteiger partial charge in [-0.05, 0) is 50.3 Å². The number of nitrogens with one attached hydrogen (secondary N) is 1. The molecule has 0 atom stereocenters. The Labute approximate surface area is 169 Å². The van der Waals surface area contributed by atoms with Crippen LogP contribution in [0.25, 0.3) is 5.69 Å². The normalized spacial score (nSPS) is 10.6. The van der Waals surface area contributed by atoms with Crippen LogP contribution in [0.1, 0.15) is 28.2 Å². The zero-order valence-electron chi connectivity index (χ0n) is 16.0. The minimum absolute atomic E-state index is 0.375. The van der Waals surface area contributed by atoms with E-state index in [0.717, 1.165) is 17.9 Å². The van der Waals surface area contributed by atoms with Crippen molar-refractivity contribution in [3.05, 3.63) is 77.6 Å². The van der Waals surface area contributed by atoms with Gasteiger partial charge in [-0.1, -0.05) is 36.4 Å². The highest BCUT2D eigenvalue weighted by atomic mass is 32.2. The monoisotopic (exact) mass is 393 g/mol. The lowest BCUT2D eigenvalue weighted by atomic mass is 10.1. The summed E-state index contributed by atoms with van der Waals surface area (Å²) in [5, 5.41) is 7.17. The molecule has 0 saturated heterocycles. The van der Waals surface area contributed by atoms with Crippen LogP contribution in [0.15, 0.2) is 65.6 Å². The Hall–Kier alpha value is -2.86. The lowest BCUT2D eigenvalue weighted by Crippen LogP contribution is -2.32. The molecule has 0 bridgehead atoms. The standard InChI is InChI=1S/C22H23N3O2S/c1-16-20(17(2)25(24-16)18-10-5-3-6-11-18)21(26)22(27)23-14-9-15-28-19-12-7-4-8-13-19/h3-8,10-13H,9,14-15H2,1-2H3,(H,23,27). The molecule has 1 heterocycles. The number of rotatable bonds is 8. The third-order valence-corrected chi connectivity index (χ3v) is 5.44. The zero-order chi connectivity index (χ0) is 19.9. The predicted octanol–water partition coefficient (Wildman–Crippen LogP) is 3.97. The van der Waals surface area contributed by atoms with Crippen LogP contribution in [0.2, 0.25) is 0 Å². The number of carbonyl (C=O) groups is 2. The maximum Gasteiger partial charge on any atom is 0.292 e. The molecule has 0 fully saturated rings. The molecule has 0 aliphatic heterocycles. The molecule has 0 radical (unpaired) electrons. The summed E-state index contributed by atoms with van der Waals surface area (Å²) in [5.41, 5.74) is 2.46. The Morgan fingerprint density at radius 3 is 2.32 bits per heavy atom. The van der Waals surface area contributed by atoms with Crippen molar-refractivity contribution >= 4 is 23.5 Å². The van der Waals surface area contributed by atoms with Gasteiger partial charge in [-0.25, -0.2) is 4.68 Å². The summed E-state index contributed by atoms with van der Waals surface area (Å²) in [4.78, 5) is 26.2. The van der Waals surface area contributed by atoms with Gasteiger partial charge in [-0.15, -0.1) is 11.8 Å². The summed E-state index contributed by atoms with van der Waals surface area (Å²) in [6.07, 6.45) is 0.791. The highest BCUT2D eigenvalue weighted by molar-refractivity contribution is 7.99. The van der Waals surface area contributed by atoms with E-state index in [0.29, 0.717) is 23.5 Å². The van der Waals surface area contributed by atoms with Gasteiger partial charge in [0.2, 0.25) is 0 Å². The number of para-hydroxylation sites is 1. The van der Waals surface area contributed by atoms with Gasteiger partial charge in [-0.2, -0.15) is 5.10 Å². The summed E-state index contributed by atoms with van der Waals surface area (Å²) >= 11 is 1.73. The lowest BCUT2D eigenvalue weighted by molar-refractivity contribution is -0.117. The van der Waals surface area contributed by atoms with Crippen molar-refractivity contribution in [1.29, 1.82) is 0 Å². The molecule has 1 aromatic heterocycles. The molecule has 28 heavy (non-hydrogen) atoms. The smallest absolute Gasteiger partial charge is 0.292 e. The molecule has 0 saturated carbocycles. The third-order valence-electron chi connectivity index (χ3n) is 4.34. The van der Waals surface area contributed by atoms with E-state index in [-0.39, 0.29) is 0 Å². The number of Topliss-reactive ketones (excluding diaryl/α,β-unsaturated/α-hetero) is 1. The first kappa shape index (κ1) is 19.9. The first-order chi connectivity index (χ1) is 13.6. The van der Waals surface area contributed by atoms with Crippen molar-refractivity contribution in [1.82, 2.24) is 15.1 Å². The van der Waals surface area contributed by atoms with E-state index in [2.05, 4.69) is 22.5 Å². The molecule has 144 valence electrons. The Bertz CT molecular complexity index is 953. The number of ketones is 1. The molecule has 3 rings (SSSR count). The molecular formula is C22H23N3O2S. The fraction of sp³-hybridized carbons (Fsp3) is 0.227. The van der Waals surface area contributed by atoms with Gasteiger partial charge in [-0.3, -0.25) is 9.59 Å². The molecule has 0 unspecified atom stereocenters.